The molecule has 1 amide bonds. The number of pyridine rings is 1. The number of fused-ring (bicyclic) bond motifs is 1. The number of amides is 1. The van der Waals surface area contributed by atoms with Crippen LogP contribution in [0.4, 0.5) is 5.82 Å². The number of anilines is 1. The van der Waals surface area contributed by atoms with Gasteiger partial charge in [-0.15, -0.1) is 0 Å². The molecule has 4 rings (SSSR count). The minimum absolute atomic E-state index is 0.125. The Morgan fingerprint density at radius 2 is 1.91 bits per heavy atom. The van der Waals surface area contributed by atoms with Crippen LogP contribution in [0.2, 0.25) is 0 Å². The lowest BCUT2D eigenvalue weighted by Crippen LogP contribution is -2.18. The number of hydrogen-bond donors (Lipinski definition) is 2. The minimum atomic E-state index is -0.125. The summed E-state index contributed by atoms with van der Waals surface area (Å²) in [4.78, 5) is 33.8. The molecule has 9 heteroatoms. The first kappa shape index (κ1) is 21.3. The third-order valence-electron chi connectivity index (χ3n) is 4.97. The monoisotopic (exact) mass is 429 g/mol. The highest BCUT2D eigenvalue weighted by atomic mass is 16.5. The van der Waals surface area contributed by atoms with Crippen molar-refractivity contribution in [3.8, 4) is 11.3 Å². The Kier molecular flexibility index (Phi) is 6.57. The van der Waals surface area contributed by atoms with Crippen molar-refractivity contribution in [1.82, 2.24) is 30.2 Å². The number of rotatable bonds is 8. The number of carbonyl (C=O) groups excluding carboxylic acids is 1. The SMILES string of the molecule is CNC(=O)c1ccnc2c(CCNc3cc(-c4cnc(COC)nc4)ncn3)cccc12. The highest BCUT2D eigenvalue weighted by Crippen LogP contribution is 2.21. The van der Waals surface area contributed by atoms with Crippen molar-refractivity contribution < 1.29 is 9.53 Å². The van der Waals surface area contributed by atoms with Crippen molar-refractivity contribution in [2.24, 2.45) is 0 Å². The maximum absolute atomic E-state index is 12.2. The van der Waals surface area contributed by atoms with Crippen molar-refractivity contribution >= 4 is 22.6 Å². The van der Waals surface area contributed by atoms with E-state index in [9.17, 15) is 4.79 Å². The first-order valence-electron chi connectivity index (χ1n) is 10.1. The molecule has 0 unspecified atom stereocenters. The van der Waals surface area contributed by atoms with Gasteiger partial charge in [-0.3, -0.25) is 9.78 Å². The molecule has 0 aliphatic carbocycles. The normalized spacial score (nSPS) is 10.8. The van der Waals surface area contributed by atoms with Crippen LogP contribution in [0.1, 0.15) is 21.7 Å². The van der Waals surface area contributed by atoms with Gasteiger partial charge in [0.1, 0.15) is 18.8 Å². The van der Waals surface area contributed by atoms with E-state index in [4.69, 9.17) is 4.74 Å². The van der Waals surface area contributed by atoms with Crippen LogP contribution in [-0.2, 0) is 17.8 Å². The maximum Gasteiger partial charge on any atom is 0.251 e. The molecular weight excluding hydrogens is 406 g/mol. The Labute approximate surface area is 185 Å². The topological polar surface area (TPSA) is 115 Å². The zero-order valence-corrected chi connectivity index (χ0v) is 17.9. The molecule has 1 aromatic carbocycles. The lowest BCUT2D eigenvalue weighted by atomic mass is 10.0. The molecule has 4 aromatic rings. The van der Waals surface area contributed by atoms with Crippen molar-refractivity contribution in [2.75, 3.05) is 26.0 Å². The molecule has 0 saturated heterocycles. The van der Waals surface area contributed by atoms with Gasteiger partial charge < -0.3 is 15.4 Å². The van der Waals surface area contributed by atoms with Gasteiger partial charge in [0.05, 0.1) is 16.8 Å². The molecule has 0 saturated carbocycles. The second-order valence-electron chi connectivity index (χ2n) is 7.04. The minimum Gasteiger partial charge on any atom is -0.377 e. The number of para-hydroxylation sites is 1. The van der Waals surface area contributed by atoms with E-state index in [1.54, 1.807) is 38.8 Å². The van der Waals surface area contributed by atoms with Gasteiger partial charge in [0, 0.05) is 56.3 Å². The van der Waals surface area contributed by atoms with Gasteiger partial charge >= 0.3 is 0 Å². The first-order valence-corrected chi connectivity index (χ1v) is 10.1. The fraction of sp³-hybridized carbons (Fsp3) is 0.217. The number of aromatic nitrogens is 5. The smallest absolute Gasteiger partial charge is 0.251 e. The molecule has 0 bridgehead atoms. The molecule has 32 heavy (non-hydrogen) atoms. The van der Waals surface area contributed by atoms with Gasteiger partial charge in [-0.05, 0) is 18.1 Å². The Morgan fingerprint density at radius 3 is 2.69 bits per heavy atom. The largest absolute Gasteiger partial charge is 0.377 e. The summed E-state index contributed by atoms with van der Waals surface area (Å²) >= 11 is 0. The summed E-state index contributed by atoms with van der Waals surface area (Å²) in [6.45, 7) is 1.01. The van der Waals surface area contributed by atoms with E-state index in [-0.39, 0.29) is 5.91 Å². The van der Waals surface area contributed by atoms with E-state index in [0.29, 0.717) is 30.4 Å². The average molecular weight is 429 g/mol. The fourth-order valence-corrected chi connectivity index (χ4v) is 3.40. The highest BCUT2D eigenvalue weighted by Gasteiger charge is 2.11. The van der Waals surface area contributed by atoms with Crippen LogP contribution in [-0.4, -0.2) is 51.5 Å². The lowest BCUT2D eigenvalue weighted by Gasteiger charge is -2.10. The molecule has 0 radical (unpaired) electrons. The summed E-state index contributed by atoms with van der Waals surface area (Å²) in [6, 6.07) is 9.48. The molecule has 0 aliphatic heterocycles. The average Bonchev–Trinajstić information content (AvgIpc) is 2.84. The zero-order chi connectivity index (χ0) is 22.3. The van der Waals surface area contributed by atoms with E-state index in [0.717, 1.165) is 34.1 Å². The van der Waals surface area contributed by atoms with Gasteiger partial charge in [0.25, 0.3) is 5.91 Å². The van der Waals surface area contributed by atoms with E-state index in [1.165, 1.54) is 6.33 Å². The van der Waals surface area contributed by atoms with E-state index < -0.39 is 0 Å². The number of nitrogens with zero attached hydrogens (tertiary/aromatic N) is 5. The Bertz CT molecular complexity index is 1230. The van der Waals surface area contributed by atoms with Gasteiger partial charge in [0.15, 0.2) is 5.82 Å². The number of nitrogens with one attached hydrogen (secondary N) is 2. The van der Waals surface area contributed by atoms with Crippen molar-refractivity contribution in [3.63, 3.8) is 0 Å². The zero-order valence-electron chi connectivity index (χ0n) is 17.9. The maximum atomic E-state index is 12.2. The molecule has 0 atom stereocenters. The van der Waals surface area contributed by atoms with Crippen LogP contribution in [0.25, 0.3) is 22.2 Å². The Hall–Kier alpha value is -3.98. The predicted molar refractivity (Wildman–Crippen MR) is 121 cm³/mol. The highest BCUT2D eigenvalue weighted by molar-refractivity contribution is 6.06. The molecule has 9 nitrogen and oxygen atoms in total. The van der Waals surface area contributed by atoms with Crippen LogP contribution >= 0.6 is 0 Å². The van der Waals surface area contributed by atoms with Crippen molar-refractivity contribution in [2.45, 2.75) is 13.0 Å². The second-order valence-corrected chi connectivity index (χ2v) is 7.04. The van der Waals surface area contributed by atoms with E-state index >= 15 is 0 Å². The molecule has 0 spiro atoms. The van der Waals surface area contributed by atoms with Crippen molar-refractivity contribution in [3.05, 3.63) is 72.2 Å². The number of methoxy groups -OCH3 is 1. The fourth-order valence-electron chi connectivity index (χ4n) is 3.40. The summed E-state index contributed by atoms with van der Waals surface area (Å²) in [5.74, 6) is 1.20. The first-order chi connectivity index (χ1) is 15.7. The van der Waals surface area contributed by atoms with Crippen molar-refractivity contribution in [1.29, 1.82) is 0 Å². The van der Waals surface area contributed by atoms with Gasteiger partial charge in [-0.2, -0.15) is 0 Å². The molecule has 0 aliphatic rings. The van der Waals surface area contributed by atoms with Crippen LogP contribution in [0.5, 0.6) is 0 Å². The standard InChI is InChI=1S/C23H23N7O2/c1-24-23(31)18-7-9-26-22-15(4-3-5-17(18)22)6-8-25-20-10-19(29-14-30-20)16-11-27-21(13-32-2)28-12-16/h3-5,7,9-12,14H,6,8,13H2,1-2H3,(H,24,31)(H,25,29,30). The van der Waals surface area contributed by atoms with Gasteiger partial charge in [-0.1, -0.05) is 18.2 Å². The number of carbonyl (C=O) groups is 1. The number of ether oxygens (including phenoxy) is 1. The molecule has 162 valence electrons. The molecule has 3 heterocycles. The molecule has 0 fully saturated rings. The number of hydrogen-bond acceptors (Lipinski definition) is 8. The lowest BCUT2D eigenvalue weighted by molar-refractivity contribution is 0.0964. The molecule has 2 N–H and O–H groups in total. The van der Waals surface area contributed by atoms with Gasteiger partial charge in [-0.25, -0.2) is 19.9 Å². The van der Waals surface area contributed by atoms with Crippen LogP contribution in [0.3, 0.4) is 0 Å². The van der Waals surface area contributed by atoms with Crippen LogP contribution in [0.15, 0.2) is 55.2 Å². The third-order valence-corrected chi connectivity index (χ3v) is 4.97. The Morgan fingerprint density at radius 1 is 1.06 bits per heavy atom. The van der Waals surface area contributed by atoms with Crippen LogP contribution < -0.4 is 10.6 Å². The Balaban J connectivity index is 1.47. The summed E-state index contributed by atoms with van der Waals surface area (Å²) in [5.41, 5.74) is 4.03. The molecular formula is C23H23N7O2. The second kappa shape index (κ2) is 9.88. The van der Waals surface area contributed by atoms with E-state index in [2.05, 4.69) is 35.6 Å². The van der Waals surface area contributed by atoms with Gasteiger partial charge in [0.2, 0.25) is 0 Å². The summed E-state index contributed by atoms with van der Waals surface area (Å²) in [6.07, 6.45) is 7.34. The summed E-state index contributed by atoms with van der Waals surface area (Å²) in [5, 5.41) is 6.84. The molecule has 3 aromatic heterocycles. The number of benzene rings is 1. The van der Waals surface area contributed by atoms with E-state index in [1.807, 2.05) is 24.3 Å². The quantitative estimate of drug-likeness (QED) is 0.439. The van der Waals surface area contributed by atoms with Crippen LogP contribution in [0, 0.1) is 0 Å². The summed E-state index contributed by atoms with van der Waals surface area (Å²) < 4.78 is 5.04. The predicted octanol–water partition coefficient (Wildman–Crippen LogP) is 2.64. The summed E-state index contributed by atoms with van der Waals surface area (Å²) in [7, 11) is 3.23. The third kappa shape index (κ3) is 4.68.